The van der Waals surface area contributed by atoms with Crippen molar-refractivity contribution < 1.29 is 33.7 Å². The van der Waals surface area contributed by atoms with Crippen LogP contribution in [-0.2, 0) is 25.5 Å². The summed E-state index contributed by atoms with van der Waals surface area (Å²) in [5, 5.41) is 10.0. The van der Waals surface area contributed by atoms with Crippen molar-refractivity contribution in [1.29, 1.82) is 0 Å². The van der Waals surface area contributed by atoms with E-state index in [0.29, 0.717) is 17.7 Å². The van der Waals surface area contributed by atoms with Gasteiger partial charge in [-0.25, -0.2) is 4.79 Å². The summed E-state index contributed by atoms with van der Waals surface area (Å²) in [4.78, 5) is 38.5. The molecular formula is C23H32N2O7. The van der Waals surface area contributed by atoms with Gasteiger partial charge in [-0.15, -0.1) is 0 Å². The predicted octanol–water partition coefficient (Wildman–Crippen LogP) is 3.17. The van der Waals surface area contributed by atoms with Gasteiger partial charge in [-0.05, 0) is 65.0 Å². The van der Waals surface area contributed by atoms with Crippen molar-refractivity contribution in [2.45, 2.75) is 39.2 Å². The quantitative estimate of drug-likeness (QED) is 0.583. The molecule has 0 spiro atoms. The molecule has 0 saturated heterocycles. The summed E-state index contributed by atoms with van der Waals surface area (Å²) in [5.41, 5.74) is 0.796. The zero-order valence-corrected chi connectivity index (χ0v) is 19.5. The van der Waals surface area contributed by atoms with Gasteiger partial charge in [0, 0.05) is 18.1 Å². The Morgan fingerprint density at radius 3 is 2.44 bits per heavy atom. The lowest BCUT2D eigenvalue weighted by Gasteiger charge is -2.23. The van der Waals surface area contributed by atoms with Gasteiger partial charge in [-0.1, -0.05) is 0 Å². The van der Waals surface area contributed by atoms with E-state index in [9.17, 15) is 14.4 Å². The molecule has 32 heavy (non-hydrogen) atoms. The second-order valence-corrected chi connectivity index (χ2v) is 8.87. The molecule has 0 bridgehead atoms. The van der Waals surface area contributed by atoms with E-state index < -0.39 is 42.6 Å². The normalized spacial score (nSPS) is 12.6. The maximum absolute atomic E-state index is 12.9. The lowest BCUT2D eigenvalue weighted by Crippen LogP contribution is -2.33. The maximum Gasteiger partial charge on any atom is 0.418 e. The third-order valence-corrected chi connectivity index (χ3v) is 4.69. The first-order valence-corrected chi connectivity index (χ1v) is 10.4. The molecule has 0 aliphatic rings. The molecule has 0 radical (unpaired) electrons. The number of carbonyl (C=O) groups excluding carboxylic acids is 2. The second kappa shape index (κ2) is 10.5. The Kier molecular flexibility index (Phi) is 8.26. The fourth-order valence-electron chi connectivity index (χ4n) is 3.15. The number of aromatic nitrogens is 1. The van der Waals surface area contributed by atoms with Gasteiger partial charge in [0.05, 0.1) is 19.0 Å². The van der Waals surface area contributed by atoms with E-state index in [1.807, 2.05) is 25.1 Å². The van der Waals surface area contributed by atoms with Gasteiger partial charge in [-0.2, -0.15) is 0 Å². The van der Waals surface area contributed by atoms with Crippen molar-refractivity contribution in [2.75, 3.05) is 34.4 Å². The second-order valence-electron chi connectivity index (χ2n) is 8.87. The van der Waals surface area contributed by atoms with Crippen LogP contribution in [-0.4, -0.2) is 72.6 Å². The Bertz CT molecular complexity index is 973. The number of carboxylic acid groups (broad SMARTS) is 1. The molecule has 2 aromatic rings. The number of rotatable bonds is 9. The first-order valence-electron chi connectivity index (χ1n) is 10.4. The van der Waals surface area contributed by atoms with Crippen molar-refractivity contribution in [2.24, 2.45) is 5.92 Å². The lowest BCUT2D eigenvalue weighted by atomic mass is 10.1. The first kappa shape index (κ1) is 25.2. The molecule has 2 rings (SSSR count). The van der Waals surface area contributed by atoms with Crippen LogP contribution in [0, 0.1) is 5.92 Å². The number of hydrogen-bond donors (Lipinski definition) is 1. The number of carbonyl (C=O) groups is 3. The topological polar surface area (TPSA) is 107 Å². The number of aliphatic carboxylic acids is 1. The maximum atomic E-state index is 12.9. The number of carboxylic acids is 1. The molecule has 1 aromatic carbocycles. The smallest absolute Gasteiger partial charge is 0.418 e. The molecule has 1 aromatic heterocycles. The Balaban J connectivity index is 2.26. The number of likely N-dealkylation sites (N-methyl/N-ethyl adjacent to an activating group) is 1. The van der Waals surface area contributed by atoms with Crippen LogP contribution in [0.25, 0.3) is 10.9 Å². The molecule has 9 nitrogen and oxygen atoms in total. The minimum Gasteiger partial charge on any atom is -0.497 e. The molecule has 1 atom stereocenters. The van der Waals surface area contributed by atoms with Crippen molar-refractivity contribution in [3.63, 3.8) is 0 Å². The summed E-state index contributed by atoms with van der Waals surface area (Å²) in [6.07, 6.45) is 1.21. The number of nitrogens with zero attached hydrogens (tertiary/aromatic N) is 2. The standard InChI is InChI=1S/C23H32N2O7/c1-23(2,3)32-21(28)16(11-20(26)27)14-31-22(29)25-13-15(9-10-24(4)5)18-12-17(30-6)7-8-19(18)25/h7-8,12-13,16H,9-11,14H2,1-6H3,(H,26,27). The molecule has 0 aliphatic carbocycles. The van der Waals surface area contributed by atoms with Crippen LogP contribution in [0.5, 0.6) is 5.75 Å². The number of ether oxygens (including phenoxy) is 3. The van der Waals surface area contributed by atoms with Gasteiger partial charge >= 0.3 is 18.0 Å². The number of esters is 1. The molecule has 1 N–H and O–H groups in total. The van der Waals surface area contributed by atoms with E-state index >= 15 is 0 Å². The van der Waals surface area contributed by atoms with E-state index in [2.05, 4.69) is 0 Å². The summed E-state index contributed by atoms with van der Waals surface area (Å²) in [6, 6.07) is 5.37. The van der Waals surface area contributed by atoms with Gasteiger partial charge in [0.1, 0.15) is 23.9 Å². The Hall–Kier alpha value is -3.07. The minimum atomic E-state index is -1.18. The SMILES string of the molecule is COc1ccc2c(c1)c(CCN(C)C)cn2C(=O)OCC(CC(=O)O)C(=O)OC(C)(C)C. The van der Waals surface area contributed by atoms with Gasteiger partial charge < -0.3 is 24.2 Å². The van der Waals surface area contributed by atoms with E-state index in [-0.39, 0.29) is 0 Å². The first-order chi connectivity index (χ1) is 14.9. The van der Waals surface area contributed by atoms with Gasteiger partial charge in [0.2, 0.25) is 0 Å². The van der Waals surface area contributed by atoms with Crippen LogP contribution in [0.3, 0.4) is 0 Å². The van der Waals surface area contributed by atoms with Crippen molar-refractivity contribution in [1.82, 2.24) is 9.47 Å². The van der Waals surface area contributed by atoms with E-state index in [4.69, 9.17) is 19.3 Å². The number of hydrogen-bond acceptors (Lipinski definition) is 7. The monoisotopic (exact) mass is 448 g/mol. The summed E-state index contributed by atoms with van der Waals surface area (Å²) >= 11 is 0. The zero-order valence-electron chi connectivity index (χ0n) is 19.5. The van der Waals surface area contributed by atoms with Crippen LogP contribution in [0.4, 0.5) is 4.79 Å². The molecule has 0 amide bonds. The predicted molar refractivity (Wildman–Crippen MR) is 119 cm³/mol. The molecule has 0 aliphatic heterocycles. The third kappa shape index (κ3) is 6.98. The molecule has 0 saturated carbocycles. The average Bonchev–Trinajstić information content (AvgIpc) is 3.05. The van der Waals surface area contributed by atoms with Crippen LogP contribution in [0.2, 0.25) is 0 Å². The Morgan fingerprint density at radius 1 is 1.19 bits per heavy atom. The van der Waals surface area contributed by atoms with Crippen molar-refractivity contribution >= 4 is 28.9 Å². The summed E-state index contributed by atoms with van der Waals surface area (Å²) in [7, 11) is 5.51. The molecular weight excluding hydrogens is 416 g/mol. The average molecular weight is 449 g/mol. The summed E-state index contributed by atoms with van der Waals surface area (Å²) in [6.45, 7) is 5.44. The zero-order chi connectivity index (χ0) is 24.1. The highest BCUT2D eigenvalue weighted by Gasteiger charge is 2.29. The molecule has 1 heterocycles. The van der Waals surface area contributed by atoms with Gasteiger partial charge in [-0.3, -0.25) is 14.2 Å². The fourth-order valence-corrected chi connectivity index (χ4v) is 3.15. The Morgan fingerprint density at radius 2 is 1.88 bits per heavy atom. The number of methoxy groups -OCH3 is 1. The van der Waals surface area contributed by atoms with Crippen molar-refractivity contribution in [3.8, 4) is 5.75 Å². The van der Waals surface area contributed by atoms with Gasteiger partial charge in [0.25, 0.3) is 0 Å². The van der Waals surface area contributed by atoms with Crippen molar-refractivity contribution in [3.05, 3.63) is 30.0 Å². The van der Waals surface area contributed by atoms with E-state index in [1.54, 1.807) is 46.2 Å². The fraction of sp³-hybridized carbons (Fsp3) is 0.522. The van der Waals surface area contributed by atoms with Crippen LogP contribution >= 0.6 is 0 Å². The largest absolute Gasteiger partial charge is 0.497 e. The number of fused-ring (bicyclic) bond motifs is 1. The Labute approximate surface area is 187 Å². The highest BCUT2D eigenvalue weighted by atomic mass is 16.6. The molecule has 176 valence electrons. The highest BCUT2D eigenvalue weighted by Crippen LogP contribution is 2.27. The van der Waals surface area contributed by atoms with Gasteiger partial charge in [0.15, 0.2) is 0 Å². The van der Waals surface area contributed by atoms with Crippen LogP contribution in [0.1, 0.15) is 32.8 Å². The lowest BCUT2D eigenvalue weighted by molar-refractivity contribution is -0.164. The third-order valence-electron chi connectivity index (χ3n) is 4.69. The summed E-state index contributed by atoms with van der Waals surface area (Å²) < 4.78 is 17.3. The molecule has 9 heteroatoms. The molecule has 1 unspecified atom stereocenters. The minimum absolute atomic E-state index is 0.400. The van der Waals surface area contributed by atoms with Crippen LogP contribution in [0.15, 0.2) is 24.4 Å². The highest BCUT2D eigenvalue weighted by molar-refractivity contribution is 5.93. The van der Waals surface area contributed by atoms with E-state index in [0.717, 1.165) is 17.5 Å². The van der Waals surface area contributed by atoms with Crippen LogP contribution < -0.4 is 4.74 Å². The number of benzene rings is 1. The van der Waals surface area contributed by atoms with E-state index in [1.165, 1.54) is 4.57 Å². The summed E-state index contributed by atoms with van der Waals surface area (Å²) in [5.74, 6) is -2.34. The molecule has 0 fully saturated rings.